The van der Waals surface area contributed by atoms with Crippen LogP contribution in [0, 0.1) is 5.92 Å². The van der Waals surface area contributed by atoms with Gasteiger partial charge in [-0.15, -0.1) is 0 Å². The van der Waals surface area contributed by atoms with Gasteiger partial charge in [0.15, 0.2) is 5.96 Å². The van der Waals surface area contributed by atoms with E-state index in [1.807, 2.05) is 7.05 Å². The van der Waals surface area contributed by atoms with E-state index in [-0.39, 0.29) is 0 Å². The third-order valence-electron chi connectivity index (χ3n) is 4.60. The lowest BCUT2D eigenvalue weighted by atomic mass is 10.1. The van der Waals surface area contributed by atoms with E-state index in [1.54, 1.807) is 0 Å². The van der Waals surface area contributed by atoms with Gasteiger partial charge in [0.1, 0.15) is 0 Å². The topological polar surface area (TPSA) is 39.7 Å². The molecule has 2 rings (SSSR count). The van der Waals surface area contributed by atoms with Crippen molar-refractivity contribution < 1.29 is 0 Å². The smallest absolute Gasteiger partial charge is 0.191 e. The van der Waals surface area contributed by atoms with E-state index in [2.05, 4.69) is 34.4 Å². The Bertz CT molecular complexity index is 308. The second-order valence-corrected chi connectivity index (χ2v) is 6.37. The first-order valence-corrected chi connectivity index (χ1v) is 8.49. The molecule has 1 saturated carbocycles. The van der Waals surface area contributed by atoms with Crippen LogP contribution in [-0.4, -0.2) is 49.6 Å². The van der Waals surface area contributed by atoms with E-state index in [9.17, 15) is 0 Å². The normalized spacial score (nSPS) is 28.4. The lowest BCUT2D eigenvalue weighted by Crippen LogP contribution is -2.49. The first-order chi connectivity index (χ1) is 9.76. The summed E-state index contributed by atoms with van der Waals surface area (Å²) < 4.78 is 0. The minimum absolute atomic E-state index is 0.595. The van der Waals surface area contributed by atoms with Gasteiger partial charge in [-0.2, -0.15) is 0 Å². The second-order valence-electron chi connectivity index (χ2n) is 6.37. The fraction of sp³-hybridized carbons (Fsp3) is 0.938. The van der Waals surface area contributed by atoms with Crippen molar-refractivity contribution in [3.8, 4) is 0 Å². The molecule has 1 saturated heterocycles. The van der Waals surface area contributed by atoms with Gasteiger partial charge in [0.2, 0.25) is 0 Å². The molecule has 2 atom stereocenters. The summed E-state index contributed by atoms with van der Waals surface area (Å²) in [6.45, 7) is 8.24. The highest BCUT2D eigenvalue weighted by atomic mass is 15.2. The van der Waals surface area contributed by atoms with Crippen LogP contribution >= 0.6 is 0 Å². The predicted octanol–water partition coefficient (Wildman–Crippen LogP) is 2.21. The molecular weight excluding hydrogens is 248 g/mol. The van der Waals surface area contributed by atoms with Crippen molar-refractivity contribution in [1.82, 2.24) is 15.5 Å². The van der Waals surface area contributed by atoms with Crippen molar-refractivity contribution in [3.05, 3.63) is 0 Å². The van der Waals surface area contributed by atoms with Crippen molar-refractivity contribution in [3.63, 3.8) is 0 Å². The van der Waals surface area contributed by atoms with Gasteiger partial charge >= 0.3 is 0 Å². The Hall–Kier alpha value is -0.770. The summed E-state index contributed by atoms with van der Waals surface area (Å²) >= 11 is 0. The van der Waals surface area contributed by atoms with Crippen LogP contribution in [-0.2, 0) is 0 Å². The predicted molar refractivity (Wildman–Crippen MR) is 86.2 cm³/mol. The van der Waals surface area contributed by atoms with E-state index in [4.69, 9.17) is 0 Å². The number of nitrogens with one attached hydrogen (secondary N) is 2. The van der Waals surface area contributed by atoms with Crippen LogP contribution < -0.4 is 10.6 Å². The number of aliphatic imine (C=N–C) groups is 1. The molecule has 2 unspecified atom stereocenters. The summed E-state index contributed by atoms with van der Waals surface area (Å²) in [5, 5.41) is 7.20. The molecule has 116 valence electrons. The molecular formula is C16H32N4. The maximum Gasteiger partial charge on any atom is 0.191 e. The molecule has 0 bridgehead atoms. The lowest BCUT2D eigenvalue weighted by molar-refractivity contribution is 0.206. The molecule has 0 aromatic rings. The van der Waals surface area contributed by atoms with Crippen molar-refractivity contribution in [2.75, 3.05) is 26.7 Å². The van der Waals surface area contributed by atoms with Crippen LogP contribution in [0.5, 0.6) is 0 Å². The van der Waals surface area contributed by atoms with Gasteiger partial charge in [-0.1, -0.05) is 20.3 Å². The average molecular weight is 280 g/mol. The van der Waals surface area contributed by atoms with Crippen molar-refractivity contribution in [2.45, 2.75) is 64.5 Å². The monoisotopic (exact) mass is 280 g/mol. The Balaban J connectivity index is 1.67. The molecule has 0 radical (unpaired) electrons. The zero-order chi connectivity index (χ0) is 14.4. The fourth-order valence-corrected chi connectivity index (χ4v) is 3.27. The zero-order valence-corrected chi connectivity index (χ0v) is 13.5. The molecule has 1 aliphatic carbocycles. The maximum absolute atomic E-state index is 4.39. The van der Waals surface area contributed by atoms with Crippen molar-refractivity contribution in [2.24, 2.45) is 10.9 Å². The summed E-state index contributed by atoms with van der Waals surface area (Å²) in [6.07, 6.45) is 7.72. The number of likely N-dealkylation sites (tertiary alicyclic amines) is 1. The average Bonchev–Trinajstić information content (AvgIpc) is 3.19. The highest BCUT2D eigenvalue weighted by molar-refractivity contribution is 5.80. The van der Waals surface area contributed by atoms with Crippen LogP contribution in [0.3, 0.4) is 0 Å². The summed E-state index contributed by atoms with van der Waals surface area (Å²) in [6, 6.07) is 1.26. The van der Waals surface area contributed by atoms with Gasteiger partial charge < -0.3 is 15.5 Å². The quantitative estimate of drug-likeness (QED) is 0.579. The standard InChI is InChI=1S/C16H32N4/c1-4-6-13-12-15(13)19-16(17-3)18-14-7-10-20(9-5-2)11-8-14/h13-15H,4-12H2,1-3H3,(H2,17,18,19). The van der Waals surface area contributed by atoms with E-state index < -0.39 is 0 Å². The van der Waals surface area contributed by atoms with E-state index >= 15 is 0 Å². The third-order valence-corrected chi connectivity index (χ3v) is 4.60. The minimum Gasteiger partial charge on any atom is -0.354 e. The van der Waals surface area contributed by atoms with Crippen LogP contribution in [0.2, 0.25) is 0 Å². The molecule has 0 amide bonds. The summed E-state index contributed by atoms with van der Waals surface area (Å²) in [5.74, 6) is 1.90. The van der Waals surface area contributed by atoms with Gasteiger partial charge in [0, 0.05) is 32.2 Å². The van der Waals surface area contributed by atoms with Gasteiger partial charge in [-0.05, 0) is 44.6 Å². The molecule has 0 aromatic heterocycles. The molecule has 2 fully saturated rings. The Morgan fingerprint density at radius 3 is 2.50 bits per heavy atom. The number of piperidine rings is 1. The van der Waals surface area contributed by atoms with Crippen molar-refractivity contribution >= 4 is 5.96 Å². The highest BCUT2D eigenvalue weighted by Crippen LogP contribution is 2.34. The fourth-order valence-electron chi connectivity index (χ4n) is 3.27. The zero-order valence-electron chi connectivity index (χ0n) is 13.5. The van der Waals surface area contributed by atoms with E-state index in [0.717, 1.165) is 11.9 Å². The Labute approximate surface area is 124 Å². The van der Waals surface area contributed by atoms with Crippen LogP contribution in [0.4, 0.5) is 0 Å². The van der Waals surface area contributed by atoms with E-state index in [1.165, 1.54) is 58.2 Å². The number of hydrogen-bond acceptors (Lipinski definition) is 2. The third kappa shape index (κ3) is 4.65. The first kappa shape index (κ1) is 15.6. The Morgan fingerprint density at radius 2 is 1.90 bits per heavy atom. The van der Waals surface area contributed by atoms with Gasteiger partial charge in [0.25, 0.3) is 0 Å². The second kappa shape index (κ2) is 7.87. The molecule has 2 N–H and O–H groups in total. The van der Waals surface area contributed by atoms with Crippen LogP contribution in [0.15, 0.2) is 4.99 Å². The molecule has 2 aliphatic rings. The molecule has 4 nitrogen and oxygen atoms in total. The molecule has 0 aromatic carbocycles. The number of rotatable bonds is 6. The molecule has 1 aliphatic heterocycles. The van der Waals surface area contributed by atoms with Gasteiger partial charge in [0.05, 0.1) is 0 Å². The molecule has 4 heteroatoms. The molecule has 20 heavy (non-hydrogen) atoms. The lowest BCUT2D eigenvalue weighted by Gasteiger charge is -2.32. The summed E-state index contributed by atoms with van der Waals surface area (Å²) in [7, 11) is 1.89. The van der Waals surface area contributed by atoms with Crippen LogP contribution in [0.25, 0.3) is 0 Å². The molecule has 1 heterocycles. The van der Waals surface area contributed by atoms with Gasteiger partial charge in [-0.25, -0.2) is 0 Å². The summed E-state index contributed by atoms with van der Waals surface area (Å²) in [5.41, 5.74) is 0. The van der Waals surface area contributed by atoms with Gasteiger partial charge in [-0.3, -0.25) is 4.99 Å². The first-order valence-electron chi connectivity index (χ1n) is 8.49. The van der Waals surface area contributed by atoms with E-state index in [0.29, 0.717) is 12.1 Å². The minimum atomic E-state index is 0.595. The largest absolute Gasteiger partial charge is 0.354 e. The van der Waals surface area contributed by atoms with Crippen LogP contribution in [0.1, 0.15) is 52.4 Å². The maximum atomic E-state index is 4.39. The number of nitrogens with zero attached hydrogens (tertiary/aromatic N) is 2. The number of hydrogen-bond donors (Lipinski definition) is 2. The highest BCUT2D eigenvalue weighted by Gasteiger charge is 2.36. The Kier molecular flexibility index (Phi) is 6.14. The Morgan fingerprint density at radius 1 is 1.15 bits per heavy atom. The molecule has 0 spiro atoms. The number of guanidine groups is 1. The summed E-state index contributed by atoms with van der Waals surface area (Å²) in [4.78, 5) is 6.97. The van der Waals surface area contributed by atoms with Crippen molar-refractivity contribution in [1.29, 1.82) is 0 Å². The SMILES string of the molecule is CCCC1CC1NC(=NC)NC1CCN(CCC)CC1.